The van der Waals surface area contributed by atoms with Gasteiger partial charge in [0.05, 0.1) is 6.61 Å². The Kier molecular flexibility index (Phi) is 5.58. The van der Waals surface area contributed by atoms with Crippen LogP contribution in [0.25, 0.3) is 0 Å². The molecule has 0 aromatic rings. The van der Waals surface area contributed by atoms with Crippen molar-refractivity contribution >= 4 is 0 Å². The van der Waals surface area contributed by atoms with E-state index in [1.54, 1.807) is 0 Å². The van der Waals surface area contributed by atoms with Gasteiger partial charge in [0, 0.05) is 25.2 Å². The molecular formula is C12H26N2O. The summed E-state index contributed by atoms with van der Waals surface area (Å²) in [6.45, 7) is 9.09. The molecule has 0 aromatic carbocycles. The Morgan fingerprint density at radius 1 is 1.27 bits per heavy atom. The fraction of sp³-hybridized carbons (Fsp3) is 1.00. The maximum Gasteiger partial charge on any atom is 0.0615 e. The van der Waals surface area contributed by atoms with E-state index >= 15 is 0 Å². The molecule has 3 heteroatoms. The molecule has 0 amide bonds. The third kappa shape index (κ3) is 3.16. The number of hydrogen-bond acceptors (Lipinski definition) is 3. The van der Waals surface area contributed by atoms with Crippen LogP contribution in [0.3, 0.4) is 0 Å². The molecule has 0 saturated carbocycles. The van der Waals surface area contributed by atoms with Gasteiger partial charge in [-0.15, -0.1) is 0 Å². The van der Waals surface area contributed by atoms with Gasteiger partial charge in [0.2, 0.25) is 0 Å². The molecule has 1 rings (SSSR count). The summed E-state index contributed by atoms with van der Waals surface area (Å²) in [5.74, 6) is 0. The highest BCUT2D eigenvalue weighted by atomic mass is 16.3. The molecule has 1 aliphatic rings. The Morgan fingerprint density at radius 3 is 2.67 bits per heavy atom. The van der Waals surface area contributed by atoms with Crippen molar-refractivity contribution in [2.45, 2.75) is 45.1 Å². The van der Waals surface area contributed by atoms with E-state index < -0.39 is 0 Å². The van der Waals surface area contributed by atoms with E-state index in [9.17, 15) is 5.11 Å². The van der Waals surface area contributed by atoms with Crippen LogP contribution in [0.15, 0.2) is 0 Å². The van der Waals surface area contributed by atoms with E-state index in [0.717, 1.165) is 45.4 Å². The van der Waals surface area contributed by atoms with Crippen LogP contribution in [0.4, 0.5) is 0 Å². The number of rotatable bonds is 5. The molecule has 0 bridgehead atoms. The van der Waals surface area contributed by atoms with Gasteiger partial charge in [-0.3, -0.25) is 4.90 Å². The maximum absolute atomic E-state index is 9.69. The minimum Gasteiger partial charge on any atom is -0.394 e. The zero-order valence-corrected chi connectivity index (χ0v) is 10.3. The summed E-state index contributed by atoms with van der Waals surface area (Å²) >= 11 is 0. The van der Waals surface area contributed by atoms with Gasteiger partial charge >= 0.3 is 0 Å². The Morgan fingerprint density at radius 2 is 2.07 bits per heavy atom. The first-order valence-electron chi connectivity index (χ1n) is 6.35. The summed E-state index contributed by atoms with van der Waals surface area (Å²) in [6, 6.07) is 0. The van der Waals surface area contributed by atoms with Crippen LogP contribution in [0, 0.1) is 0 Å². The second kappa shape index (κ2) is 6.46. The molecule has 0 radical (unpaired) electrons. The van der Waals surface area contributed by atoms with Crippen LogP contribution in [-0.4, -0.2) is 48.3 Å². The minimum absolute atomic E-state index is 0.0424. The highest BCUT2D eigenvalue weighted by Gasteiger charge is 2.33. The molecule has 0 aliphatic carbocycles. The normalized spacial score (nSPS) is 23.4. The van der Waals surface area contributed by atoms with Gasteiger partial charge < -0.3 is 10.4 Å². The molecule has 1 fully saturated rings. The fourth-order valence-corrected chi connectivity index (χ4v) is 2.63. The van der Waals surface area contributed by atoms with E-state index in [2.05, 4.69) is 24.1 Å². The number of aliphatic hydroxyl groups is 1. The van der Waals surface area contributed by atoms with Crippen LogP contribution in [0.1, 0.15) is 39.5 Å². The van der Waals surface area contributed by atoms with Crippen molar-refractivity contribution in [1.82, 2.24) is 10.2 Å². The molecule has 1 aliphatic heterocycles. The van der Waals surface area contributed by atoms with Crippen molar-refractivity contribution < 1.29 is 5.11 Å². The van der Waals surface area contributed by atoms with E-state index in [4.69, 9.17) is 0 Å². The smallest absolute Gasteiger partial charge is 0.0615 e. The Labute approximate surface area is 93.9 Å². The molecule has 90 valence electrons. The van der Waals surface area contributed by atoms with Crippen molar-refractivity contribution in [3.8, 4) is 0 Å². The number of hydrogen-bond donors (Lipinski definition) is 2. The third-order valence-corrected chi connectivity index (χ3v) is 3.68. The zero-order chi connectivity index (χ0) is 11.1. The highest BCUT2D eigenvalue weighted by molar-refractivity contribution is 4.90. The summed E-state index contributed by atoms with van der Waals surface area (Å²) in [7, 11) is 0. The Bertz CT molecular complexity index is 161. The van der Waals surface area contributed by atoms with Crippen molar-refractivity contribution in [1.29, 1.82) is 0 Å². The predicted molar refractivity (Wildman–Crippen MR) is 64.1 cm³/mol. The Hall–Kier alpha value is -0.120. The molecule has 2 N–H and O–H groups in total. The maximum atomic E-state index is 9.69. The first-order chi connectivity index (χ1) is 7.29. The van der Waals surface area contributed by atoms with Gasteiger partial charge in [-0.25, -0.2) is 0 Å². The van der Waals surface area contributed by atoms with Crippen molar-refractivity contribution in [2.75, 3.05) is 32.8 Å². The van der Waals surface area contributed by atoms with E-state index in [-0.39, 0.29) is 5.54 Å². The van der Waals surface area contributed by atoms with Crippen LogP contribution >= 0.6 is 0 Å². The average Bonchev–Trinajstić information content (AvgIpc) is 2.55. The summed E-state index contributed by atoms with van der Waals surface area (Å²) in [4.78, 5) is 2.50. The van der Waals surface area contributed by atoms with Crippen LogP contribution < -0.4 is 5.32 Å². The standard InChI is InChI=1S/C12H26N2O/c1-3-6-12(4-2,11-15)14-9-5-7-13-8-10-14/h13,15H,3-11H2,1-2H3. The summed E-state index contributed by atoms with van der Waals surface area (Å²) < 4.78 is 0. The van der Waals surface area contributed by atoms with Crippen LogP contribution in [0.5, 0.6) is 0 Å². The first-order valence-corrected chi connectivity index (χ1v) is 6.35. The number of nitrogens with zero attached hydrogens (tertiary/aromatic N) is 1. The molecule has 1 saturated heterocycles. The largest absolute Gasteiger partial charge is 0.394 e. The minimum atomic E-state index is 0.0424. The van der Waals surface area contributed by atoms with Gasteiger partial charge in [-0.1, -0.05) is 20.3 Å². The fourth-order valence-electron chi connectivity index (χ4n) is 2.63. The van der Waals surface area contributed by atoms with Crippen LogP contribution in [-0.2, 0) is 0 Å². The van der Waals surface area contributed by atoms with Crippen molar-refractivity contribution in [3.63, 3.8) is 0 Å². The second-order valence-electron chi connectivity index (χ2n) is 4.58. The molecule has 0 spiro atoms. The predicted octanol–water partition coefficient (Wildman–Crippen LogP) is 1.22. The summed E-state index contributed by atoms with van der Waals surface area (Å²) in [6.07, 6.45) is 4.52. The monoisotopic (exact) mass is 214 g/mol. The van der Waals surface area contributed by atoms with Crippen LogP contribution in [0.2, 0.25) is 0 Å². The molecule has 0 aromatic heterocycles. The molecule has 1 heterocycles. The number of aliphatic hydroxyl groups excluding tert-OH is 1. The lowest BCUT2D eigenvalue weighted by Gasteiger charge is -2.42. The van der Waals surface area contributed by atoms with Gasteiger partial charge in [0.1, 0.15) is 0 Å². The molecule has 1 atom stereocenters. The lowest BCUT2D eigenvalue weighted by molar-refractivity contribution is 0.0225. The third-order valence-electron chi connectivity index (χ3n) is 3.68. The van der Waals surface area contributed by atoms with Gasteiger partial charge in [0.25, 0.3) is 0 Å². The summed E-state index contributed by atoms with van der Waals surface area (Å²) in [5.41, 5.74) is 0.0424. The van der Waals surface area contributed by atoms with E-state index in [0.29, 0.717) is 6.61 Å². The van der Waals surface area contributed by atoms with Crippen molar-refractivity contribution in [3.05, 3.63) is 0 Å². The van der Waals surface area contributed by atoms with Crippen molar-refractivity contribution in [2.24, 2.45) is 0 Å². The lowest BCUT2D eigenvalue weighted by Crippen LogP contribution is -2.52. The summed E-state index contributed by atoms with van der Waals surface area (Å²) in [5, 5.41) is 13.1. The first kappa shape index (κ1) is 12.9. The SMILES string of the molecule is CCCC(CC)(CO)N1CCCNCC1. The van der Waals surface area contributed by atoms with E-state index in [1.165, 1.54) is 6.42 Å². The highest BCUT2D eigenvalue weighted by Crippen LogP contribution is 2.25. The molecule has 15 heavy (non-hydrogen) atoms. The lowest BCUT2D eigenvalue weighted by atomic mass is 9.89. The zero-order valence-electron chi connectivity index (χ0n) is 10.3. The van der Waals surface area contributed by atoms with Gasteiger partial charge in [-0.2, -0.15) is 0 Å². The quantitative estimate of drug-likeness (QED) is 0.722. The van der Waals surface area contributed by atoms with Gasteiger partial charge in [0.15, 0.2) is 0 Å². The Balaban J connectivity index is 2.66. The number of nitrogens with one attached hydrogen (secondary N) is 1. The molecular weight excluding hydrogens is 188 g/mol. The van der Waals surface area contributed by atoms with Gasteiger partial charge in [-0.05, 0) is 25.8 Å². The average molecular weight is 214 g/mol. The second-order valence-corrected chi connectivity index (χ2v) is 4.58. The topological polar surface area (TPSA) is 35.5 Å². The van der Waals surface area contributed by atoms with E-state index in [1.807, 2.05) is 0 Å². The molecule has 1 unspecified atom stereocenters. The molecule has 3 nitrogen and oxygen atoms in total.